The van der Waals surface area contributed by atoms with Gasteiger partial charge in [-0.15, -0.1) is 0 Å². The number of hydrogen-bond donors (Lipinski definition) is 2. The molecule has 146 valence electrons. The van der Waals surface area contributed by atoms with Crippen molar-refractivity contribution in [3.8, 4) is 28.3 Å². The summed E-state index contributed by atoms with van der Waals surface area (Å²) in [6.07, 6.45) is 0. The van der Waals surface area contributed by atoms with E-state index in [0.29, 0.717) is 22.0 Å². The Labute approximate surface area is 173 Å². The second-order valence-electron chi connectivity index (χ2n) is 6.29. The Morgan fingerprint density at radius 1 is 0.862 bits per heavy atom. The predicted octanol–water partition coefficient (Wildman–Crippen LogP) is 4.51. The van der Waals surface area contributed by atoms with Gasteiger partial charge in [0.05, 0.1) is 16.3 Å². The molecular formula is C21H16ClN3O3S. The summed E-state index contributed by atoms with van der Waals surface area (Å²) in [6, 6.07) is 23.3. The van der Waals surface area contributed by atoms with Crippen LogP contribution in [0.25, 0.3) is 22.5 Å². The maximum Gasteiger partial charge on any atom is 0.276 e. The van der Waals surface area contributed by atoms with Crippen LogP contribution in [0, 0.1) is 0 Å². The lowest BCUT2D eigenvalue weighted by Gasteiger charge is -2.11. The monoisotopic (exact) mass is 425 g/mol. The molecule has 3 aromatic carbocycles. The van der Waals surface area contributed by atoms with E-state index in [9.17, 15) is 13.5 Å². The van der Waals surface area contributed by atoms with Crippen molar-refractivity contribution >= 4 is 21.6 Å². The highest BCUT2D eigenvalue weighted by Crippen LogP contribution is 2.28. The van der Waals surface area contributed by atoms with E-state index in [2.05, 4.69) is 9.93 Å². The molecule has 0 radical (unpaired) electrons. The third-order valence-corrected chi connectivity index (χ3v) is 5.83. The molecule has 0 bridgehead atoms. The topological polar surface area (TPSA) is 84.2 Å². The molecular weight excluding hydrogens is 410 g/mol. The molecule has 0 aliphatic rings. The van der Waals surface area contributed by atoms with Gasteiger partial charge in [0.15, 0.2) is 0 Å². The average molecular weight is 426 g/mol. The summed E-state index contributed by atoms with van der Waals surface area (Å²) in [7, 11) is -3.85. The molecule has 0 fully saturated rings. The first-order valence-electron chi connectivity index (χ1n) is 8.66. The SMILES string of the molecule is O=S(=O)(Nn1nc(-c2ccc(Cl)cc2)cc1-c1ccc(O)cc1)c1ccccc1. The number of aromatic nitrogens is 2. The van der Waals surface area contributed by atoms with Crippen LogP contribution >= 0.6 is 11.6 Å². The van der Waals surface area contributed by atoms with Crippen molar-refractivity contribution in [2.45, 2.75) is 4.90 Å². The maximum atomic E-state index is 12.8. The number of halogens is 1. The van der Waals surface area contributed by atoms with E-state index in [1.807, 2.05) is 0 Å². The fourth-order valence-corrected chi connectivity index (χ4v) is 3.93. The Bertz CT molecular complexity index is 1240. The lowest BCUT2D eigenvalue weighted by Crippen LogP contribution is -2.25. The minimum absolute atomic E-state index is 0.114. The minimum Gasteiger partial charge on any atom is -0.508 e. The number of nitrogens with zero attached hydrogens (tertiary/aromatic N) is 2. The minimum atomic E-state index is -3.85. The summed E-state index contributed by atoms with van der Waals surface area (Å²) in [4.78, 5) is 3.85. The number of sulfonamides is 1. The van der Waals surface area contributed by atoms with E-state index in [1.54, 1.807) is 60.7 Å². The van der Waals surface area contributed by atoms with Gasteiger partial charge < -0.3 is 5.11 Å². The summed E-state index contributed by atoms with van der Waals surface area (Å²) in [5, 5.41) is 14.6. The van der Waals surface area contributed by atoms with E-state index < -0.39 is 10.0 Å². The lowest BCUT2D eigenvalue weighted by atomic mass is 10.1. The number of rotatable bonds is 5. The Morgan fingerprint density at radius 2 is 1.48 bits per heavy atom. The first kappa shape index (κ1) is 19.0. The molecule has 0 spiro atoms. The van der Waals surface area contributed by atoms with Gasteiger partial charge in [-0.05, 0) is 54.6 Å². The smallest absolute Gasteiger partial charge is 0.276 e. The number of benzene rings is 3. The summed E-state index contributed by atoms with van der Waals surface area (Å²) in [5.41, 5.74) is 2.56. The zero-order valence-electron chi connectivity index (χ0n) is 15.0. The van der Waals surface area contributed by atoms with Crippen LogP contribution in [0.15, 0.2) is 89.8 Å². The third-order valence-electron chi connectivity index (χ3n) is 4.27. The lowest BCUT2D eigenvalue weighted by molar-refractivity contribution is 0.475. The predicted molar refractivity (Wildman–Crippen MR) is 113 cm³/mol. The zero-order valence-corrected chi connectivity index (χ0v) is 16.6. The molecule has 0 saturated heterocycles. The Balaban J connectivity index is 1.80. The molecule has 0 atom stereocenters. The van der Waals surface area contributed by atoms with Crippen molar-refractivity contribution in [1.29, 1.82) is 0 Å². The second kappa shape index (κ2) is 7.62. The summed E-state index contributed by atoms with van der Waals surface area (Å²) in [6.45, 7) is 0. The van der Waals surface area contributed by atoms with Crippen molar-refractivity contribution < 1.29 is 13.5 Å². The van der Waals surface area contributed by atoms with Gasteiger partial charge in [0.25, 0.3) is 10.0 Å². The van der Waals surface area contributed by atoms with E-state index in [4.69, 9.17) is 11.6 Å². The highest BCUT2D eigenvalue weighted by atomic mass is 35.5. The van der Waals surface area contributed by atoms with Gasteiger partial charge in [0.2, 0.25) is 0 Å². The number of hydrogen-bond acceptors (Lipinski definition) is 4. The molecule has 4 aromatic rings. The normalized spacial score (nSPS) is 11.3. The van der Waals surface area contributed by atoms with Crippen molar-refractivity contribution in [2.75, 3.05) is 4.83 Å². The summed E-state index contributed by atoms with van der Waals surface area (Å²) in [5.74, 6) is 0.114. The zero-order chi connectivity index (χ0) is 20.4. The highest BCUT2D eigenvalue weighted by molar-refractivity contribution is 7.92. The Morgan fingerprint density at radius 3 is 2.14 bits per heavy atom. The van der Waals surface area contributed by atoms with Crippen molar-refractivity contribution in [3.05, 3.63) is 90.0 Å². The Hall–Kier alpha value is -3.29. The van der Waals surface area contributed by atoms with Crippen LogP contribution in [-0.4, -0.2) is 23.4 Å². The van der Waals surface area contributed by atoms with Gasteiger partial charge in [0, 0.05) is 16.1 Å². The standard InChI is InChI=1S/C21H16ClN3O3S/c22-17-10-6-15(7-11-17)20-14-21(16-8-12-18(26)13-9-16)25(23-20)24-29(27,28)19-4-2-1-3-5-19/h1-14,24,26H. The molecule has 1 heterocycles. The largest absolute Gasteiger partial charge is 0.508 e. The van der Waals surface area contributed by atoms with Gasteiger partial charge in [0.1, 0.15) is 5.75 Å². The molecule has 29 heavy (non-hydrogen) atoms. The van der Waals surface area contributed by atoms with Gasteiger partial charge in [-0.1, -0.05) is 41.9 Å². The number of phenols is 1. The van der Waals surface area contributed by atoms with Crippen LogP contribution in [0.2, 0.25) is 5.02 Å². The number of phenolic OH excluding ortho intramolecular Hbond substituents is 1. The molecule has 1 aromatic heterocycles. The Kier molecular flexibility index (Phi) is 5.00. The molecule has 0 aliphatic heterocycles. The number of aromatic hydroxyl groups is 1. The van der Waals surface area contributed by atoms with Crippen molar-refractivity contribution in [3.63, 3.8) is 0 Å². The molecule has 0 aliphatic carbocycles. The molecule has 8 heteroatoms. The van der Waals surface area contributed by atoms with Gasteiger partial charge >= 0.3 is 0 Å². The first-order valence-corrected chi connectivity index (χ1v) is 10.5. The molecule has 6 nitrogen and oxygen atoms in total. The average Bonchev–Trinajstić information content (AvgIpc) is 3.13. The van der Waals surface area contributed by atoms with Gasteiger partial charge in [-0.2, -0.15) is 23.1 Å². The van der Waals surface area contributed by atoms with Crippen LogP contribution in [-0.2, 0) is 10.0 Å². The summed E-state index contributed by atoms with van der Waals surface area (Å²) < 4.78 is 25.6. The van der Waals surface area contributed by atoms with E-state index in [-0.39, 0.29) is 10.6 Å². The fraction of sp³-hybridized carbons (Fsp3) is 0. The molecule has 0 saturated carbocycles. The molecule has 0 amide bonds. The van der Waals surface area contributed by atoms with Crippen LogP contribution in [0.5, 0.6) is 5.75 Å². The van der Waals surface area contributed by atoms with E-state index >= 15 is 0 Å². The summed E-state index contributed by atoms with van der Waals surface area (Å²) >= 11 is 5.96. The molecule has 4 rings (SSSR count). The maximum absolute atomic E-state index is 12.8. The van der Waals surface area contributed by atoms with E-state index in [1.165, 1.54) is 29.1 Å². The quantitative estimate of drug-likeness (QED) is 0.492. The second-order valence-corrected chi connectivity index (χ2v) is 8.39. The third kappa shape index (κ3) is 4.11. The van der Waals surface area contributed by atoms with E-state index in [0.717, 1.165) is 5.56 Å². The highest BCUT2D eigenvalue weighted by Gasteiger charge is 2.19. The first-order chi connectivity index (χ1) is 13.9. The van der Waals surface area contributed by atoms with Gasteiger partial charge in [-0.25, -0.2) is 0 Å². The van der Waals surface area contributed by atoms with Crippen LogP contribution < -0.4 is 4.83 Å². The van der Waals surface area contributed by atoms with Crippen LogP contribution in [0.4, 0.5) is 0 Å². The van der Waals surface area contributed by atoms with Crippen LogP contribution in [0.3, 0.4) is 0 Å². The van der Waals surface area contributed by atoms with Crippen molar-refractivity contribution in [2.24, 2.45) is 0 Å². The fourth-order valence-electron chi connectivity index (χ4n) is 2.82. The number of nitrogens with one attached hydrogen (secondary N) is 1. The van der Waals surface area contributed by atoms with Crippen molar-refractivity contribution in [1.82, 2.24) is 9.89 Å². The van der Waals surface area contributed by atoms with Gasteiger partial charge in [-0.3, -0.25) is 0 Å². The molecule has 0 unspecified atom stereocenters. The molecule has 2 N–H and O–H groups in total. The van der Waals surface area contributed by atoms with Crippen LogP contribution in [0.1, 0.15) is 0 Å².